The van der Waals surface area contributed by atoms with E-state index in [1.807, 2.05) is 61.5 Å². The molecule has 0 N–H and O–H groups in total. The fourth-order valence-electron chi connectivity index (χ4n) is 3.15. The van der Waals surface area contributed by atoms with Crippen LogP contribution in [0, 0.1) is 6.92 Å². The predicted octanol–water partition coefficient (Wildman–Crippen LogP) is 4.20. The molecule has 0 aliphatic carbocycles. The van der Waals surface area contributed by atoms with Crippen LogP contribution in [0.5, 0.6) is 5.75 Å². The molecule has 0 radical (unpaired) electrons. The molecule has 4 heteroatoms. The minimum absolute atomic E-state index is 0.0695. The first-order valence-electron chi connectivity index (χ1n) is 7.74. The number of nitrogens with zero attached hydrogens (tertiary/aromatic N) is 2. The number of fused-ring (bicyclic) bond motifs is 3. The van der Waals surface area contributed by atoms with Crippen molar-refractivity contribution < 1.29 is 9.53 Å². The Morgan fingerprint density at radius 1 is 1.04 bits per heavy atom. The number of benzene rings is 2. The smallest absolute Gasteiger partial charge is 0.262 e. The van der Waals surface area contributed by atoms with Crippen LogP contribution in [0.2, 0.25) is 0 Å². The molecule has 0 spiro atoms. The van der Waals surface area contributed by atoms with E-state index in [9.17, 15) is 4.79 Å². The number of carbonyl (C=O) groups excluding carboxylic acids is 1. The number of hydrogen-bond acceptors (Lipinski definition) is 3. The molecule has 4 rings (SSSR count). The second-order valence-electron chi connectivity index (χ2n) is 5.68. The summed E-state index contributed by atoms with van der Waals surface area (Å²) in [5.74, 6) is 0.651. The molecule has 0 bridgehead atoms. The molecule has 0 saturated carbocycles. The fraction of sp³-hybridized carbons (Fsp3) is 0.100. The van der Waals surface area contributed by atoms with Crippen molar-refractivity contribution in [3.63, 3.8) is 0 Å². The molecule has 0 fully saturated rings. The number of ether oxygens (including phenoxy) is 1. The summed E-state index contributed by atoms with van der Waals surface area (Å²) in [7, 11) is 1.62. The van der Waals surface area contributed by atoms with Gasteiger partial charge in [-0.15, -0.1) is 0 Å². The van der Waals surface area contributed by atoms with Crippen molar-refractivity contribution in [1.29, 1.82) is 0 Å². The van der Waals surface area contributed by atoms with Crippen molar-refractivity contribution in [2.75, 3.05) is 7.11 Å². The lowest BCUT2D eigenvalue weighted by atomic mass is 10.1. The van der Waals surface area contributed by atoms with Crippen molar-refractivity contribution in [2.24, 2.45) is 0 Å². The summed E-state index contributed by atoms with van der Waals surface area (Å²) in [5, 5.41) is 2.03. The first-order chi connectivity index (χ1) is 11.7. The number of rotatable bonds is 2. The van der Waals surface area contributed by atoms with Crippen LogP contribution < -0.4 is 4.74 Å². The van der Waals surface area contributed by atoms with E-state index < -0.39 is 0 Å². The second kappa shape index (κ2) is 5.49. The first-order valence-corrected chi connectivity index (χ1v) is 7.74. The van der Waals surface area contributed by atoms with E-state index in [1.165, 1.54) is 0 Å². The van der Waals surface area contributed by atoms with Crippen LogP contribution >= 0.6 is 0 Å². The van der Waals surface area contributed by atoms with Crippen LogP contribution in [0.25, 0.3) is 21.8 Å². The molecule has 4 nitrogen and oxygen atoms in total. The summed E-state index contributed by atoms with van der Waals surface area (Å²) in [6, 6.07) is 17.0. The SMILES string of the molecule is COc1ccc2c3ccnc(C)c3n(C(=O)c3ccccc3)c2c1. The van der Waals surface area contributed by atoms with Gasteiger partial charge in [-0.2, -0.15) is 0 Å². The Labute approximate surface area is 139 Å². The highest BCUT2D eigenvalue weighted by atomic mass is 16.5. The topological polar surface area (TPSA) is 44.1 Å². The van der Waals surface area contributed by atoms with Crippen molar-refractivity contribution in [2.45, 2.75) is 6.92 Å². The molecule has 0 atom stereocenters. The van der Waals surface area contributed by atoms with Gasteiger partial charge in [0, 0.05) is 28.6 Å². The fourth-order valence-corrected chi connectivity index (χ4v) is 3.15. The molecular formula is C20H16N2O2. The van der Waals surface area contributed by atoms with E-state index in [0.717, 1.165) is 33.2 Å². The summed E-state index contributed by atoms with van der Waals surface area (Å²) < 4.78 is 7.09. The summed E-state index contributed by atoms with van der Waals surface area (Å²) in [6.07, 6.45) is 1.78. The third kappa shape index (κ3) is 2.07. The second-order valence-corrected chi connectivity index (χ2v) is 5.68. The number of aromatic nitrogens is 2. The Kier molecular flexibility index (Phi) is 3.31. The normalized spacial score (nSPS) is 11.1. The minimum atomic E-state index is -0.0695. The van der Waals surface area contributed by atoms with Gasteiger partial charge in [-0.1, -0.05) is 18.2 Å². The summed E-state index contributed by atoms with van der Waals surface area (Å²) >= 11 is 0. The van der Waals surface area contributed by atoms with Crippen molar-refractivity contribution >= 4 is 27.7 Å². The Hall–Kier alpha value is -3.14. The average Bonchev–Trinajstić information content (AvgIpc) is 2.96. The van der Waals surface area contributed by atoms with Crippen LogP contribution in [-0.4, -0.2) is 22.6 Å². The number of pyridine rings is 1. The summed E-state index contributed by atoms with van der Waals surface area (Å²) in [5.41, 5.74) is 3.14. The first kappa shape index (κ1) is 14.5. The molecule has 4 aromatic rings. The number of carbonyl (C=O) groups is 1. The van der Waals surface area contributed by atoms with E-state index in [4.69, 9.17) is 4.74 Å². The quantitative estimate of drug-likeness (QED) is 0.557. The van der Waals surface area contributed by atoms with E-state index in [2.05, 4.69) is 4.98 Å². The molecule has 2 aromatic heterocycles. The molecule has 0 amide bonds. The predicted molar refractivity (Wildman–Crippen MR) is 94.7 cm³/mol. The van der Waals surface area contributed by atoms with Gasteiger partial charge in [0.25, 0.3) is 5.91 Å². The van der Waals surface area contributed by atoms with Gasteiger partial charge in [-0.05, 0) is 37.3 Å². The third-order valence-electron chi connectivity index (χ3n) is 4.29. The van der Waals surface area contributed by atoms with Crippen LogP contribution in [0.1, 0.15) is 16.1 Å². The molecule has 0 saturated heterocycles. The molecule has 2 aromatic carbocycles. The van der Waals surface area contributed by atoms with Gasteiger partial charge < -0.3 is 4.74 Å². The van der Waals surface area contributed by atoms with E-state index in [0.29, 0.717) is 5.56 Å². The van der Waals surface area contributed by atoms with Crippen LogP contribution in [0.3, 0.4) is 0 Å². The van der Waals surface area contributed by atoms with E-state index in [1.54, 1.807) is 17.9 Å². The van der Waals surface area contributed by atoms with Gasteiger partial charge in [-0.3, -0.25) is 14.3 Å². The summed E-state index contributed by atoms with van der Waals surface area (Å²) in [4.78, 5) is 17.6. The molecule has 2 heterocycles. The maximum Gasteiger partial charge on any atom is 0.262 e. The van der Waals surface area contributed by atoms with Crippen molar-refractivity contribution in [3.05, 3.63) is 72.1 Å². The lowest BCUT2D eigenvalue weighted by Gasteiger charge is -2.08. The average molecular weight is 316 g/mol. The lowest BCUT2D eigenvalue weighted by Crippen LogP contribution is -2.12. The molecular weight excluding hydrogens is 300 g/mol. The Bertz CT molecular complexity index is 1070. The molecule has 118 valence electrons. The zero-order chi connectivity index (χ0) is 16.7. The van der Waals surface area contributed by atoms with Crippen molar-refractivity contribution in [3.8, 4) is 5.75 Å². The van der Waals surface area contributed by atoms with Gasteiger partial charge >= 0.3 is 0 Å². The Balaban J connectivity index is 2.12. The standard InChI is InChI=1S/C20H16N2O2/c1-13-19-17(10-11-21-13)16-9-8-15(24-2)12-18(16)22(19)20(23)14-6-4-3-5-7-14/h3-12H,1-2H3. The lowest BCUT2D eigenvalue weighted by molar-refractivity contribution is 0.0969. The Morgan fingerprint density at radius 2 is 1.83 bits per heavy atom. The van der Waals surface area contributed by atoms with Gasteiger partial charge in [0.1, 0.15) is 5.75 Å². The van der Waals surface area contributed by atoms with Gasteiger partial charge in [-0.25, -0.2) is 0 Å². The Morgan fingerprint density at radius 3 is 2.58 bits per heavy atom. The van der Waals surface area contributed by atoms with Crippen LogP contribution in [0.15, 0.2) is 60.8 Å². The zero-order valence-corrected chi connectivity index (χ0v) is 13.5. The van der Waals surface area contributed by atoms with E-state index in [-0.39, 0.29) is 5.91 Å². The largest absolute Gasteiger partial charge is 0.497 e. The van der Waals surface area contributed by atoms with E-state index >= 15 is 0 Å². The van der Waals surface area contributed by atoms with Crippen LogP contribution in [-0.2, 0) is 0 Å². The van der Waals surface area contributed by atoms with Crippen LogP contribution in [0.4, 0.5) is 0 Å². The molecule has 0 aliphatic heterocycles. The van der Waals surface area contributed by atoms with Gasteiger partial charge in [0.05, 0.1) is 23.8 Å². The molecule has 0 unspecified atom stereocenters. The molecule has 0 aliphatic rings. The maximum absolute atomic E-state index is 13.2. The summed E-state index contributed by atoms with van der Waals surface area (Å²) in [6.45, 7) is 1.92. The monoisotopic (exact) mass is 316 g/mol. The van der Waals surface area contributed by atoms with Gasteiger partial charge in [0.2, 0.25) is 0 Å². The third-order valence-corrected chi connectivity index (χ3v) is 4.29. The zero-order valence-electron chi connectivity index (χ0n) is 13.5. The highest BCUT2D eigenvalue weighted by molar-refractivity contribution is 6.16. The maximum atomic E-state index is 13.2. The molecule has 24 heavy (non-hydrogen) atoms. The van der Waals surface area contributed by atoms with Crippen molar-refractivity contribution in [1.82, 2.24) is 9.55 Å². The highest BCUT2D eigenvalue weighted by Gasteiger charge is 2.19. The highest BCUT2D eigenvalue weighted by Crippen LogP contribution is 2.33. The number of aryl methyl sites for hydroxylation is 1. The van der Waals surface area contributed by atoms with Gasteiger partial charge in [0.15, 0.2) is 0 Å². The number of hydrogen-bond donors (Lipinski definition) is 0. The minimum Gasteiger partial charge on any atom is -0.497 e. The number of methoxy groups -OCH3 is 1.